The van der Waals surface area contributed by atoms with Gasteiger partial charge in [0.05, 0.1) is 10.5 Å². The minimum Gasteiger partial charge on any atom is -0.452 e. The van der Waals surface area contributed by atoms with Crippen LogP contribution in [0.3, 0.4) is 0 Å². The first-order valence-corrected chi connectivity index (χ1v) is 9.51. The number of aryl methyl sites for hydroxylation is 1. The monoisotopic (exact) mass is 428 g/mol. The lowest BCUT2D eigenvalue weighted by Crippen LogP contribution is -2.39. The summed E-state index contributed by atoms with van der Waals surface area (Å²) in [5.41, 5.74) is 1.88. The molecule has 164 valence electrons. The normalized spacial score (nSPS) is 10.3. The number of urea groups is 1. The van der Waals surface area contributed by atoms with Gasteiger partial charge in [0.25, 0.3) is 11.6 Å². The zero-order valence-corrected chi connectivity index (χ0v) is 17.4. The second kappa shape index (κ2) is 10.7. The molecule has 0 aliphatic rings. The summed E-state index contributed by atoms with van der Waals surface area (Å²) < 4.78 is 5.01. The minimum absolute atomic E-state index is 0.0265. The number of carbonyl (C=O) groups excluding carboxylic acids is 3. The fraction of sp³-hybridized carbons (Fsp3) is 0.286. The summed E-state index contributed by atoms with van der Waals surface area (Å²) in [4.78, 5) is 46.0. The smallest absolute Gasteiger partial charge is 0.338 e. The van der Waals surface area contributed by atoms with Crippen LogP contribution in [0.4, 0.5) is 16.2 Å². The third-order valence-corrected chi connectivity index (χ3v) is 4.09. The van der Waals surface area contributed by atoms with E-state index in [4.69, 9.17) is 4.74 Å². The van der Waals surface area contributed by atoms with Gasteiger partial charge in [0.15, 0.2) is 6.61 Å². The summed E-state index contributed by atoms with van der Waals surface area (Å²) in [6, 6.07) is 10.2. The summed E-state index contributed by atoms with van der Waals surface area (Å²) in [6.07, 6.45) is 0. The molecule has 0 saturated carbocycles. The molecule has 0 fully saturated rings. The number of hydrogen-bond acceptors (Lipinski definition) is 6. The molecule has 2 aromatic rings. The van der Waals surface area contributed by atoms with Crippen molar-refractivity contribution in [3.63, 3.8) is 0 Å². The maximum Gasteiger partial charge on any atom is 0.338 e. The van der Waals surface area contributed by atoms with Crippen molar-refractivity contribution in [2.45, 2.75) is 33.4 Å². The van der Waals surface area contributed by atoms with Crippen molar-refractivity contribution < 1.29 is 24.0 Å². The first-order chi connectivity index (χ1) is 14.7. The maximum atomic E-state index is 12.1. The molecule has 10 heteroatoms. The predicted molar refractivity (Wildman–Crippen MR) is 114 cm³/mol. The molecule has 0 spiro atoms. The highest BCUT2D eigenvalue weighted by molar-refractivity contribution is 5.96. The third kappa shape index (κ3) is 7.42. The van der Waals surface area contributed by atoms with Crippen LogP contribution in [0.15, 0.2) is 42.5 Å². The van der Waals surface area contributed by atoms with Crippen LogP contribution in [0.25, 0.3) is 0 Å². The molecule has 2 rings (SSSR count). The summed E-state index contributed by atoms with van der Waals surface area (Å²) in [5, 5.41) is 18.7. The lowest BCUT2D eigenvalue weighted by atomic mass is 10.1. The summed E-state index contributed by atoms with van der Waals surface area (Å²) in [6.45, 7) is 5.12. The molecule has 0 saturated heterocycles. The number of nitro groups is 1. The molecule has 0 radical (unpaired) electrons. The molecule has 0 aliphatic heterocycles. The second-order valence-electron chi connectivity index (χ2n) is 7.06. The van der Waals surface area contributed by atoms with Crippen LogP contribution in [0.5, 0.6) is 0 Å². The summed E-state index contributed by atoms with van der Waals surface area (Å²) in [5.74, 6) is -1.24. The number of benzene rings is 2. The molecular weight excluding hydrogens is 404 g/mol. The van der Waals surface area contributed by atoms with Crippen LogP contribution in [-0.4, -0.2) is 35.5 Å². The zero-order chi connectivity index (χ0) is 23.0. The van der Waals surface area contributed by atoms with Crippen molar-refractivity contribution in [1.29, 1.82) is 0 Å². The van der Waals surface area contributed by atoms with Crippen LogP contribution in [0.2, 0.25) is 0 Å². The number of hydrogen-bond donors (Lipinski definition) is 3. The third-order valence-electron chi connectivity index (χ3n) is 4.09. The van der Waals surface area contributed by atoms with Crippen LogP contribution >= 0.6 is 0 Å². The quantitative estimate of drug-likeness (QED) is 0.336. The molecular formula is C21H24N4O6. The van der Waals surface area contributed by atoms with Gasteiger partial charge in [-0.2, -0.15) is 0 Å². The minimum atomic E-state index is -0.673. The fourth-order valence-electron chi connectivity index (χ4n) is 2.56. The molecule has 0 aromatic heterocycles. The van der Waals surface area contributed by atoms with Crippen molar-refractivity contribution in [1.82, 2.24) is 10.6 Å². The molecule has 0 heterocycles. The van der Waals surface area contributed by atoms with Crippen molar-refractivity contribution in [3.8, 4) is 0 Å². The maximum absolute atomic E-state index is 12.1. The van der Waals surface area contributed by atoms with Gasteiger partial charge in [0.2, 0.25) is 0 Å². The average Bonchev–Trinajstić information content (AvgIpc) is 2.71. The van der Waals surface area contributed by atoms with Gasteiger partial charge in [-0.05, 0) is 50.1 Å². The van der Waals surface area contributed by atoms with E-state index in [1.165, 1.54) is 30.3 Å². The highest BCUT2D eigenvalue weighted by Crippen LogP contribution is 2.21. The Kier molecular flexibility index (Phi) is 8.07. The number of nitrogens with one attached hydrogen (secondary N) is 3. The molecule has 0 unspecified atom stereocenters. The van der Waals surface area contributed by atoms with Gasteiger partial charge in [-0.3, -0.25) is 14.9 Å². The first-order valence-electron chi connectivity index (χ1n) is 9.51. The number of carbonyl (C=O) groups is 3. The average molecular weight is 428 g/mol. The van der Waals surface area contributed by atoms with Gasteiger partial charge in [-0.1, -0.05) is 12.1 Å². The summed E-state index contributed by atoms with van der Waals surface area (Å²) in [7, 11) is 0. The van der Waals surface area contributed by atoms with E-state index in [-0.39, 0.29) is 23.3 Å². The fourth-order valence-corrected chi connectivity index (χ4v) is 2.56. The number of nitro benzene ring substituents is 1. The molecule has 31 heavy (non-hydrogen) atoms. The van der Waals surface area contributed by atoms with E-state index in [1.807, 2.05) is 13.8 Å². The SMILES string of the molecule is Cc1cc([N+](=O)[O-])ccc1NC(=O)COC(=O)c1ccc(CNC(=O)NC(C)C)cc1. The van der Waals surface area contributed by atoms with Crippen molar-refractivity contribution in [2.24, 2.45) is 0 Å². The highest BCUT2D eigenvalue weighted by Gasteiger charge is 2.13. The van der Waals surface area contributed by atoms with E-state index in [0.717, 1.165) is 5.56 Å². The van der Waals surface area contributed by atoms with Crippen LogP contribution < -0.4 is 16.0 Å². The number of non-ortho nitro benzene ring substituents is 1. The standard InChI is InChI=1S/C21H24N4O6/c1-13(2)23-21(28)22-11-15-4-6-16(7-5-15)20(27)31-12-19(26)24-18-9-8-17(25(29)30)10-14(18)3/h4-10,13H,11-12H2,1-3H3,(H,24,26)(H2,22,23,28). The Balaban J connectivity index is 1.83. The Morgan fingerprint density at radius 2 is 1.77 bits per heavy atom. The van der Waals surface area contributed by atoms with E-state index < -0.39 is 23.4 Å². The number of rotatable bonds is 8. The Labute approximate surface area is 179 Å². The van der Waals surface area contributed by atoms with E-state index in [2.05, 4.69) is 16.0 Å². The number of nitrogens with zero attached hydrogens (tertiary/aromatic N) is 1. The molecule has 2 aromatic carbocycles. The highest BCUT2D eigenvalue weighted by atomic mass is 16.6. The van der Waals surface area contributed by atoms with Crippen molar-refractivity contribution in [2.75, 3.05) is 11.9 Å². The Morgan fingerprint density at radius 3 is 2.35 bits per heavy atom. The van der Waals surface area contributed by atoms with Crippen molar-refractivity contribution >= 4 is 29.3 Å². The van der Waals surface area contributed by atoms with Crippen LogP contribution in [0.1, 0.15) is 35.3 Å². The van der Waals surface area contributed by atoms with Gasteiger partial charge < -0.3 is 20.7 Å². The van der Waals surface area contributed by atoms with E-state index in [9.17, 15) is 24.5 Å². The van der Waals surface area contributed by atoms with Gasteiger partial charge in [0, 0.05) is 30.4 Å². The Bertz CT molecular complexity index is 972. The first kappa shape index (κ1) is 23.3. The van der Waals surface area contributed by atoms with Gasteiger partial charge >= 0.3 is 12.0 Å². The Morgan fingerprint density at radius 1 is 1.10 bits per heavy atom. The predicted octanol–water partition coefficient (Wildman–Crippen LogP) is 2.91. The lowest BCUT2D eigenvalue weighted by Gasteiger charge is -2.11. The molecule has 0 bridgehead atoms. The molecule has 3 amide bonds. The molecule has 0 atom stereocenters. The zero-order valence-electron chi connectivity index (χ0n) is 17.4. The molecule has 3 N–H and O–H groups in total. The van der Waals surface area contributed by atoms with Gasteiger partial charge in [-0.15, -0.1) is 0 Å². The van der Waals surface area contributed by atoms with E-state index in [0.29, 0.717) is 17.8 Å². The Hall–Kier alpha value is -3.95. The van der Waals surface area contributed by atoms with E-state index in [1.54, 1.807) is 19.1 Å². The number of ether oxygens (including phenoxy) is 1. The molecule has 0 aliphatic carbocycles. The topological polar surface area (TPSA) is 140 Å². The number of anilines is 1. The molecule has 10 nitrogen and oxygen atoms in total. The van der Waals surface area contributed by atoms with E-state index >= 15 is 0 Å². The largest absolute Gasteiger partial charge is 0.452 e. The second-order valence-corrected chi connectivity index (χ2v) is 7.06. The van der Waals surface area contributed by atoms with Gasteiger partial charge in [-0.25, -0.2) is 9.59 Å². The summed E-state index contributed by atoms with van der Waals surface area (Å²) >= 11 is 0. The van der Waals surface area contributed by atoms with Crippen LogP contribution in [-0.2, 0) is 16.1 Å². The van der Waals surface area contributed by atoms with Crippen LogP contribution in [0, 0.1) is 17.0 Å². The lowest BCUT2D eigenvalue weighted by molar-refractivity contribution is -0.384. The number of esters is 1. The number of amides is 3. The van der Waals surface area contributed by atoms with Crippen molar-refractivity contribution in [3.05, 3.63) is 69.3 Å². The van der Waals surface area contributed by atoms with Gasteiger partial charge in [0.1, 0.15) is 0 Å².